The Morgan fingerprint density at radius 1 is 1.17 bits per heavy atom. The van der Waals surface area contributed by atoms with E-state index >= 15 is 0 Å². The van der Waals surface area contributed by atoms with Crippen molar-refractivity contribution in [2.24, 2.45) is 5.14 Å². The summed E-state index contributed by atoms with van der Waals surface area (Å²) in [5.74, 6) is 0.623. The minimum atomic E-state index is -4.07. The summed E-state index contributed by atoms with van der Waals surface area (Å²) < 4.78 is 28.5. The second-order valence-corrected chi connectivity index (χ2v) is 11.5. The number of ether oxygens (including phenoxy) is 1. The highest BCUT2D eigenvalue weighted by atomic mass is 32.2. The summed E-state index contributed by atoms with van der Waals surface area (Å²) in [6.07, 6.45) is 1.63. The lowest BCUT2D eigenvalue weighted by Crippen LogP contribution is -2.33. The lowest BCUT2D eigenvalue weighted by Gasteiger charge is -2.21. The highest BCUT2D eigenvalue weighted by Gasteiger charge is 2.21. The molecule has 2 rings (SSSR count). The van der Waals surface area contributed by atoms with E-state index in [1.54, 1.807) is 32.5 Å². The lowest BCUT2D eigenvalue weighted by molar-refractivity contribution is -0.384. The number of rotatable bonds is 12. The van der Waals surface area contributed by atoms with Crippen molar-refractivity contribution in [3.05, 3.63) is 58.6 Å². The van der Waals surface area contributed by atoms with Gasteiger partial charge in [0.05, 0.1) is 9.82 Å². The molecule has 2 aromatic rings. The van der Waals surface area contributed by atoms with E-state index in [2.05, 4.69) is 10.6 Å². The number of nitro benzene ring substituents is 1. The molecule has 0 unspecified atom stereocenters. The minimum Gasteiger partial charge on any atom is -0.444 e. The fourth-order valence-electron chi connectivity index (χ4n) is 3.11. The molecule has 0 saturated carbocycles. The van der Waals surface area contributed by atoms with E-state index in [1.807, 2.05) is 30.3 Å². The summed E-state index contributed by atoms with van der Waals surface area (Å²) in [6, 6.07) is 13.2. The highest BCUT2D eigenvalue weighted by Crippen LogP contribution is 2.30. The highest BCUT2D eigenvalue weighted by molar-refractivity contribution is 7.99. The summed E-state index contributed by atoms with van der Waals surface area (Å²) in [7, 11) is -4.07. The van der Waals surface area contributed by atoms with E-state index in [9.17, 15) is 23.3 Å². The number of benzene rings is 2. The van der Waals surface area contributed by atoms with Crippen LogP contribution in [0, 0.1) is 10.1 Å². The molecule has 0 spiro atoms. The summed E-state index contributed by atoms with van der Waals surface area (Å²) >= 11 is 1.61. The van der Waals surface area contributed by atoms with Crippen LogP contribution >= 0.6 is 11.8 Å². The van der Waals surface area contributed by atoms with Gasteiger partial charge in [-0.05, 0) is 64.3 Å². The third kappa shape index (κ3) is 10.5. The van der Waals surface area contributed by atoms with Gasteiger partial charge in [0.1, 0.15) is 11.3 Å². The zero-order chi connectivity index (χ0) is 26.1. The Hall–Kier alpha value is -2.83. The molecule has 4 N–H and O–H groups in total. The molecule has 0 bridgehead atoms. The van der Waals surface area contributed by atoms with Crippen LogP contribution in [0.3, 0.4) is 0 Å². The van der Waals surface area contributed by atoms with Gasteiger partial charge in [-0.1, -0.05) is 18.2 Å². The second kappa shape index (κ2) is 12.8. The van der Waals surface area contributed by atoms with E-state index in [4.69, 9.17) is 9.88 Å². The molecule has 35 heavy (non-hydrogen) atoms. The van der Waals surface area contributed by atoms with Crippen LogP contribution in [0.1, 0.15) is 40.0 Å². The topological polar surface area (TPSA) is 154 Å². The van der Waals surface area contributed by atoms with Crippen LogP contribution in [-0.2, 0) is 14.8 Å². The number of nitro groups is 1. The first-order chi connectivity index (χ1) is 16.3. The van der Waals surface area contributed by atoms with E-state index < -0.39 is 26.6 Å². The smallest absolute Gasteiger partial charge is 0.407 e. The average molecular weight is 525 g/mol. The monoisotopic (exact) mass is 524 g/mol. The van der Waals surface area contributed by atoms with Gasteiger partial charge < -0.3 is 15.4 Å². The average Bonchev–Trinajstić information content (AvgIpc) is 2.75. The number of nitrogens with two attached hydrogens (primary N) is 1. The van der Waals surface area contributed by atoms with Crippen molar-refractivity contribution in [1.29, 1.82) is 0 Å². The first kappa shape index (κ1) is 28.4. The van der Waals surface area contributed by atoms with Gasteiger partial charge in [-0.15, -0.1) is 11.8 Å². The van der Waals surface area contributed by atoms with Gasteiger partial charge in [-0.3, -0.25) is 10.1 Å². The Bertz CT molecular complexity index is 1100. The number of hydrogen-bond donors (Lipinski definition) is 3. The Balaban J connectivity index is 2.06. The number of hydrogen-bond acceptors (Lipinski definition) is 8. The van der Waals surface area contributed by atoms with E-state index in [-0.39, 0.29) is 22.3 Å². The number of amides is 1. The van der Waals surface area contributed by atoms with Gasteiger partial charge in [-0.25, -0.2) is 18.4 Å². The van der Waals surface area contributed by atoms with Gasteiger partial charge in [0.15, 0.2) is 0 Å². The molecule has 0 aliphatic heterocycles. The zero-order valence-corrected chi connectivity index (χ0v) is 21.7. The number of carbonyl (C=O) groups is 1. The van der Waals surface area contributed by atoms with E-state index in [1.165, 1.54) is 12.1 Å². The maximum Gasteiger partial charge on any atom is 0.407 e. The van der Waals surface area contributed by atoms with Gasteiger partial charge >= 0.3 is 6.09 Å². The van der Waals surface area contributed by atoms with E-state index in [0.717, 1.165) is 17.4 Å². The first-order valence-electron chi connectivity index (χ1n) is 11.1. The van der Waals surface area contributed by atoms with Gasteiger partial charge in [-0.2, -0.15) is 0 Å². The van der Waals surface area contributed by atoms with Crippen LogP contribution in [0.15, 0.2) is 58.3 Å². The molecular formula is C23H32N4O6S2. The molecule has 0 saturated heterocycles. The summed E-state index contributed by atoms with van der Waals surface area (Å²) in [6.45, 7) is 5.82. The maximum absolute atomic E-state index is 11.8. The molecule has 0 aromatic heterocycles. The number of primary sulfonamides is 1. The first-order valence-corrected chi connectivity index (χ1v) is 13.6. The molecule has 12 heteroatoms. The second-order valence-electron chi connectivity index (χ2n) is 8.87. The van der Waals surface area contributed by atoms with E-state index in [0.29, 0.717) is 25.1 Å². The fourth-order valence-corrected chi connectivity index (χ4v) is 4.64. The van der Waals surface area contributed by atoms with Crippen LogP contribution < -0.4 is 15.8 Å². The number of nitrogens with one attached hydrogen (secondary N) is 2. The Kier molecular flexibility index (Phi) is 10.3. The van der Waals surface area contributed by atoms with Crippen molar-refractivity contribution in [3.63, 3.8) is 0 Å². The number of thioether (sulfide) groups is 1. The van der Waals surface area contributed by atoms with Crippen LogP contribution in [0.2, 0.25) is 0 Å². The van der Waals surface area contributed by atoms with Crippen LogP contribution in [0.25, 0.3) is 0 Å². The Labute approximate surface area is 210 Å². The largest absolute Gasteiger partial charge is 0.444 e. The number of unbranched alkanes of at least 4 members (excludes halogenated alkanes) is 1. The molecule has 192 valence electrons. The van der Waals surface area contributed by atoms with Crippen LogP contribution in [0.4, 0.5) is 16.2 Å². The molecular weight excluding hydrogens is 492 g/mol. The van der Waals surface area contributed by atoms with Gasteiger partial charge in [0, 0.05) is 29.3 Å². The lowest BCUT2D eigenvalue weighted by atomic mass is 10.1. The number of alkyl carbamates (subject to hydrolysis) is 1. The quantitative estimate of drug-likeness (QED) is 0.159. The van der Waals surface area contributed by atoms with Crippen molar-refractivity contribution < 1.29 is 22.9 Å². The van der Waals surface area contributed by atoms with Crippen LogP contribution in [-0.4, -0.2) is 43.4 Å². The van der Waals surface area contributed by atoms with Crippen molar-refractivity contribution in [2.45, 2.75) is 61.5 Å². The number of nitrogens with zero attached hydrogens (tertiary/aromatic N) is 1. The standard InChI is InChI=1S/C23H32N4O6S2/c1-23(2,3)33-22(28)25-14-8-7-9-17(16-34-18-10-5-4-6-11-18)26-20-13-12-19(35(24,31)32)15-21(20)27(29)30/h4-6,10-13,15,17,26H,7-9,14,16H2,1-3H3,(H,25,28)(H2,24,31,32)/t17-/m1/s1. The van der Waals surface area contributed by atoms with Gasteiger partial charge in [0.2, 0.25) is 10.0 Å². The van der Waals surface area contributed by atoms with Crippen molar-refractivity contribution in [2.75, 3.05) is 17.6 Å². The molecule has 0 radical (unpaired) electrons. The predicted molar refractivity (Wildman–Crippen MR) is 137 cm³/mol. The van der Waals surface area contributed by atoms with Crippen LogP contribution in [0.5, 0.6) is 0 Å². The normalized spacial score (nSPS) is 12.6. The number of sulfonamides is 1. The Morgan fingerprint density at radius 2 is 1.86 bits per heavy atom. The third-order valence-electron chi connectivity index (χ3n) is 4.70. The molecule has 0 fully saturated rings. The summed E-state index contributed by atoms with van der Waals surface area (Å²) in [4.78, 5) is 23.5. The number of carbonyl (C=O) groups excluding carboxylic acids is 1. The van der Waals surface area contributed by atoms with Crippen molar-refractivity contribution in [3.8, 4) is 0 Å². The fraction of sp³-hybridized carbons (Fsp3) is 0.435. The molecule has 0 heterocycles. The Morgan fingerprint density at radius 3 is 2.46 bits per heavy atom. The molecule has 2 aromatic carbocycles. The molecule has 0 aliphatic carbocycles. The molecule has 10 nitrogen and oxygen atoms in total. The van der Waals surface area contributed by atoms with Crippen molar-refractivity contribution >= 4 is 39.3 Å². The van der Waals surface area contributed by atoms with Crippen molar-refractivity contribution in [1.82, 2.24) is 5.32 Å². The summed E-state index contributed by atoms with van der Waals surface area (Å²) in [5.41, 5.74) is -0.716. The predicted octanol–water partition coefficient (Wildman–Crippen LogP) is 4.51. The molecule has 0 aliphatic rings. The zero-order valence-electron chi connectivity index (χ0n) is 20.0. The maximum atomic E-state index is 11.8. The minimum absolute atomic E-state index is 0.152. The third-order valence-corrected chi connectivity index (χ3v) is 6.78. The van der Waals surface area contributed by atoms with Gasteiger partial charge in [0.25, 0.3) is 5.69 Å². The SMILES string of the molecule is CC(C)(C)OC(=O)NCCCC[C@H](CSc1ccccc1)Nc1ccc(S(N)(=O)=O)cc1[N+](=O)[O-]. The summed E-state index contributed by atoms with van der Waals surface area (Å²) in [5, 5.41) is 22.6. The molecule has 1 atom stereocenters. The molecule has 1 amide bonds. The number of anilines is 1.